The zero-order chi connectivity index (χ0) is 13.8. The third-order valence-corrected chi connectivity index (χ3v) is 3.80. The SMILES string of the molecule is COc1c(CC2CCCNC2)cc(Cl)c(F)c1OC. The summed E-state index contributed by atoms with van der Waals surface area (Å²) in [6.07, 6.45) is 3.14. The minimum atomic E-state index is -0.563. The van der Waals surface area contributed by atoms with Gasteiger partial charge in [0.15, 0.2) is 17.3 Å². The molecule has 1 saturated heterocycles. The number of piperidine rings is 1. The van der Waals surface area contributed by atoms with Gasteiger partial charge < -0.3 is 14.8 Å². The van der Waals surface area contributed by atoms with E-state index in [1.807, 2.05) is 0 Å². The van der Waals surface area contributed by atoms with E-state index in [9.17, 15) is 4.39 Å². The summed E-state index contributed by atoms with van der Waals surface area (Å²) in [5.74, 6) is 0.504. The molecule has 0 bridgehead atoms. The van der Waals surface area contributed by atoms with Crippen molar-refractivity contribution >= 4 is 11.6 Å². The third-order valence-electron chi connectivity index (χ3n) is 3.52. The van der Waals surface area contributed by atoms with Gasteiger partial charge >= 0.3 is 0 Å². The molecule has 1 fully saturated rings. The van der Waals surface area contributed by atoms with Gasteiger partial charge in [-0.2, -0.15) is 0 Å². The van der Waals surface area contributed by atoms with Crippen LogP contribution in [-0.2, 0) is 6.42 Å². The Bertz CT molecular complexity index is 448. The van der Waals surface area contributed by atoms with Gasteiger partial charge in [-0.15, -0.1) is 0 Å². The predicted octanol–water partition coefficient (Wildman–Crippen LogP) is 3.04. The van der Waals surface area contributed by atoms with Crippen LogP contribution in [0.25, 0.3) is 0 Å². The molecule has 3 nitrogen and oxygen atoms in total. The first-order valence-corrected chi connectivity index (χ1v) is 6.84. The third kappa shape index (κ3) is 3.12. The zero-order valence-electron chi connectivity index (χ0n) is 11.3. The molecule has 0 radical (unpaired) electrons. The molecule has 1 aromatic rings. The van der Waals surface area contributed by atoms with Crippen LogP contribution >= 0.6 is 11.6 Å². The average molecular weight is 288 g/mol. The Balaban J connectivity index is 2.30. The maximum absolute atomic E-state index is 13.9. The maximum atomic E-state index is 13.9. The molecule has 0 saturated carbocycles. The Morgan fingerprint density at radius 3 is 2.68 bits per heavy atom. The number of methoxy groups -OCH3 is 2. The highest BCUT2D eigenvalue weighted by molar-refractivity contribution is 6.31. The molecule has 106 valence electrons. The van der Waals surface area contributed by atoms with Gasteiger partial charge in [-0.05, 0) is 44.3 Å². The van der Waals surface area contributed by atoms with Crippen LogP contribution in [0.3, 0.4) is 0 Å². The summed E-state index contributed by atoms with van der Waals surface area (Å²) in [7, 11) is 2.94. The van der Waals surface area contributed by atoms with E-state index in [1.54, 1.807) is 6.07 Å². The summed E-state index contributed by atoms with van der Waals surface area (Å²) in [5.41, 5.74) is 0.902. The highest BCUT2D eigenvalue weighted by Crippen LogP contribution is 2.39. The second-order valence-electron chi connectivity index (χ2n) is 4.81. The molecule has 19 heavy (non-hydrogen) atoms. The Kier molecular flexibility index (Phi) is 4.88. The number of rotatable bonds is 4. The van der Waals surface area contributed by atoms with Gasteiger partial charge in [0.1, 0.15) is 0 Å². The fraction of sp³-hybridized carbons (Fsp3) is 0.571. The first-order valence-electron chi connectivity index (χ1n) is 6.47. The molecule has 1 N–H and O–H groups in total. The minimum absolute atomic E-state index is 0.0800. The number of hydrogen-bond donors (Lipinski definition) is 1. The molecule has 1 aliphatic heterocycles. The van der Waals surface area contributed by atoms with E-state index in [-0.39, 0.29) is 10.8 Å². The molecule has 0 aliphatic carbocycles. The molecular formula is C14H19ClFNO2. The molecule has 2 rings (SSSR count). The van der Waals surface area contributed by atoms with E-state index < -0.39 is 5.82 Å². The fourth-order valence-corrected chi connectivity index (χ4v) is 2.82. The molecular weight excluding hydrogens is 269 g/mol. The summed E-state index contributed by atoms with van der Waals surface area (Å²) in [5, 5.41) is 3.45. The molecule has 1 aromatic carbocycles. The van der Waals surface area contributed by atoms with E-state index in [2.05, 4.69) is 5.32 Å². The maximum Gasteiger partial charge on any atom is 0.198 e. The lowest BCUT2D eigenvalue weighted by atomic mass is 9.92. The molecule has 5 heteroatoms. The van der Waals surface area contributed by atoms with E-state index in [0.717, 1.165) is 31.5 Å². The van der Waals surface area contributed by atoms with Gasteiger partial charge in [-0.25, -0.2) is 4.39 Å². The summed E-state index contributed by atoms with van der Waals surface area (Å²) >= 11 is 5.92. The molecule has 0 aromatic heterocycles. The summed E-state index contributed by atoms with van der Waals surface area (Å²) in [6.45, 7) is 2.04. The topological polar surface area (TPSA) is 30.5 Å². The zero-order valence-corrected chi connectivity index (χ0v) is 12.0. The summed E-state index contributed by atoms with van der Waals surface area (Å²) < 4.78 is 24.2. The first-order chi connectivity index (χ1) is 9.17. The van der Waals surface area contributed by atoms with Crippen LogP contribution < -0.4 is 14.8 Å². The molecule has 1 unspecified atom stereocenters. The number of nitrogens with one attached hydrogen (secondary N) is 1. The number of hydrogen-bond acceptors (Lipinski definition) is 3. The predicted molar refractivity (Wildman–Crippen MR) is 73.8 cm³/mol. The summed E-state index contributed by atoms with van der Waals surface area (Å²) in [6, 6.07) is 1.65. The fourth-order valence-electron chi connectivity index (χ4n) is 2.60. The molecule has 1 heterocycles. The Hall–Kier alpha value is -1.00. The summed E-state index contributed by atoms with van der Waals surface area (Å²) in [4.78, 5) is 0. The van der Waals surface area contributed by atoms with E-state index in [0.29, 0.717) is 11.7 Å². The van der Waals surface area contributed by atoms with Crippen LogP contribution in [0, 0.1) is 11.7 Å². The second-order valence-corrected chi connectivity index (χ2v) is 5.22. The Morgan fingerprint density at radius 2 is 2.11 bits per heavy atom. The van der Waals surface area contributed by atoms with Crippen molar-refractivity contribution in [3.8, 4) is 11.5 Å². The largest absolute Gasteiger partial charge is 0.492 e. The van der Waals surface area contributed by atoms with Crippen LogP contribution in [0.5, 0.6) is 11.5 Å². The standard InChI is InChI=1S/C14H19ClFNO2/c1-18-13-10(6-9-4-3-5-17-8-9)7-11(15)12(16)14(13)19-2/h7,9,17H,3-6,8H2,1-2H3. The lowest BCUT2D eigenvalue weighted by Gasteiger charge is -2.24. The van der Waals surface area contributed by atoms with Crippen molar-refractivity contribution < 1.29 is 13.9 Å². The van der Waals surface area contributed by atoms with Gasteiger partial charge in [0, 0.05) is 5.56 Å². The molecule has 0 spiro atoms. The van der Waals surface area contributed by atoms with Crippen molar-refractivity contribution in [1.82, 2.24) is 5.32 Å². The lowest BCUT2D eigenvalue weighted by molar-refractivity contribution is 0.327. The highest BCUT2D eigenvalue weighted by Gasteiger charge is 2.22. The van der Waals surface area contributed by atoms with Crippen LogP contribution in [-0.4, -0.2) is 27.3 Å². The highest BCUT2D eigenvalue weighted by atomic mass is 35.5. The monoisotopic (exact) mass is 287 g/mol. The average Bonchev–Trinajstić information content (AvgIpc) is 2.43. The Labute approximate surface area is 118 Å². The van der Waals surface area contributed by atoms with E-state index in [4.69, 9.17) is 21.1 Å². The molecule has 1 aliphatic rings. The Morgan fingerprint density at radius 1 is 1.37 bits per heavy atom. The minimum Gasteiger partial charge on any atom is -0.492 e. The van der Waals surface area contributed by atoms with Crippen molar-refractivity contribution in [1.29, 1.82) is 0 Å². The molecule has 1 atom stereocenters. The number of ether oxygens (including phenoxy) is 2. The quantitative estimate of drug-likeness (QED) is 0.923. The smallest absolute Gasteiger partial charge is 0.198 e. The van der Waals surface area contributed by atoms with Gasteiger partial charge in [-0.1, -0.05) is 11.6 Å². The van der Waals surface area contributed by atoms with E-state index in [1.165, 1.54) is 20.6 Å². The first kappa shape index (κ1) is 14.4. The van der Waals surface area contributed by atoms with Crippen LogP contribution in [0.1, 0.15) is 18.4 Å². The van der Waals surface area contributed by atoms with Crippen LogP contribution in [0.2, 0.25) is 5.02 Å². The molecule has 0 amide bonds. The van der Waals surface area contributed by atoms with Gasteiger partial charge in [0.05, 0.1) is 19.2 Å². The normalized spacial score (nSPS) is 19.3. The van der Waals surface area contributed by atoms with Crippen molar-refractivity contribution in [2.24, 2.45) is 5.92 Å². The van der Waals surface area contributed by atoms with Crippen molar-refractivity contribution in [3.63, 3.8) is 0 Å². The van der Waals surface area contributed by atoms with Crippen LogP contribution in [0.15, 0.2) is 6.07 Å². The van der Waals surface area contributed by atoms with Crippen LogP contribution in [0.4, 0.5) is 4.39 Å². The van der Waals surface area contributed by atoms with Gasteiger partial charge in [0.2, 0.25) is 0 Å². The van der Waals surface area contributed by atoms with Gasteiger partial charge in [-0.3, -0.25) is 0 Å². The second kappa shape index (κ2) is 6.44. The van der Waals surface area contributed by atoms with Crippen molar-refractivity contribution in [3.05, 3.63) is 22.5 Å². The lowest BCUT2D eigenvalue weighted by Crippen LogP contribution is -2.30. The van der Waals surface area contributed by atoms with Crippen molar-refractivity contribution in [2.45, 2.75) is 19.3 Å². The van der Waals surface area contributed by atoms with E-state index >= 15 is 0 Å². The van der Waals surface area contributed by atoms with Gasteiger partial charge in [0.25, 0.3) is 0 Å². The van der Waals surface area contributed by atoms with Crippen molar-refractivity contribution in [2.75, 3.05) is 27.3 Å². The number of halogens is 2. The number of benzene rings is 1.